The number of para-hydroxylation sites is 1. The summed E-state index contributed by atoms with van der Waals surface area (Å²) in [5, 5.41) is 3.75. The van der Waals surface area contributed by atoms with Gasteiger partial charge in [0.15, 0.2) is 0 Å². The van der Waals surface area contributed by atoms with Crippen LogP contribution in [-0.4, -0.2) is 9.38 Å². The van der Waals surface area contributed by atoms with Gasteiger partial charge in [-0.2, -0.15) is 0 Å². The van der Waals surface area contributed by atoms with Gasteiger partial charge in [-0.05, 0) is 39.8 Å². The van der Waals surface area contributed by atoms with Crippen LogP contribution in [0.3, 0.4) is 0 Å². The molecule has 28 heavy (non-hydrogen) atoms. The molecule has 4 aromatic carbocycles. The molecule has 2 heterocycles. The van der Waals surface area contributed by atoms with Crippen LogP contribution in [0.5, 0.6) is 0 Å². The second kappa shape index (κ2) is 4.99. The third-order valence-corrected chi connectivity index (χ3v) is 6.21. The maximum Gasteiger partial charge on any atom is 0.146 e. The van der Waals surface area contributed by atoms with Gasteiger partial charge in [-0.25, -0.2) is 4.98 Å². The summed E-state index contributed by atoms with van der Waals surface area (Å²) < 4.78 is 2.34. The van der Waals surface area contributed by atoms with E-state index >= 15 is 0 Å². The summed E-state index contributed by atoms with van der Waals surface area (Å²) in [5.41, 5.74) is 10.0. The average Bonchev–Trinajstić information content (AvgIpc) is 3.33. The minimum Gasteiger partial charge on any atom is -0.292 e. The minimum absolute atomic E-state index is 0.961. The van der Waals surface area contributed by atoms with E-state index < -0.39 is 0 Å². The quantitative estimate of drug-likeness (QED) is 0.289. The SMILES string of the molecule is c1ccc2c(c1)Cc1c-2ccc2c1nc1c3ccccc3c3ccccc3n21. The van der Waals surface area contributed by atoms with Crippen molar-refractivity contribution in [2.75, 3.05) is 0 Å². The van der Waals surface area contributed by atoms with Crippen LogP contribution in [-0.2, 0) is 6.42 Å². The average molecular weight is 356 g/mol. The first-order valence-corrected chi connectivity index (χ1v) is 9.72. The third kappa shape index (κ3) is 1.66. The summed E-state index contributed by atoms with van der Waals surface area (Å²) in [6.07, 6.45) is 0.961. The lowest BCUT2D eigenvalue weighted by molar-refractivity contribution is 1.27. The second-order valence-electron chi connectivity index (χ2n) is 7.63. The van der Waals surface area contributed by atoms with Crippen molar-refractivity contribution in [3.8, 4) is 11.1 Å². The summed E-state index contributed by atoms with van der Waals surface area (Å²) in [4.78, 5) is 5.21. The summed E-state index contributed by atoms with van der Waals surface area (Å²) in [6, 6.07) is 30.5. The zero-order chi connectivity index (χ0) is 18.2. The van der Waals surface area contributed by atoms with E-state index in [0.29, 0.717) is 0 Å². The Hall–Kier alpha value is -3.65. The first-order chi connectivity index (χ1) is 13.9. The highest BCUT2D eigenvalue weighted by Crippen LogP contribution is 2.41. The predicted molar refractivity (Wildman–Crippen MR) is 116 cm³/mol. The van der Waals surface area contributed by atoms with E-state index in [1.807, 2.05) is 0 Å². The molecule has 0 spiro atoms. The smallest absolute Gasteiger partial charge is 0.146 e. The third-order valence-electron chi connectivity index (χ3n) is 6.21. The number of fused-ring (bicyclic) bond motifs is 12. The Kier molecular flexibility index (Phi) is 2.57. The standard InChI is InChI=1S/C26H16N2/c1-2-8-17-16(7-1)15-22-19(17)13-14-24-25(22)27-26-21-11-4-3-9-18(21)20-10-5-6-12-23(20)28(24)26/h1-14H,15H2. The van der Waals surface area contributed by atoms with Crippen molar-refractivity contribution in [1.29, 1.82) is 0 Å². The lowest BCUT2D eigenvalue weighted by Crippen LogP contribution is -1.91. The molecule has 0 amide bonds. The fourth-order valence-corrected chi connectivity index (χ4v) is 4.99. The molecule has 130 valence electrons. The van der Waals surface area contributed by atoms with Crippen LogP contribution >= 0.6 is 0 Å². The van der Waals surface area contributed by atoms with Crippen LogP contribution in [0.4, 0.5) is 0 Å². The topological polar surface area (TPSA) is 17.3 Å². The Morgan fingerprint density at radius 1 is 0.607 bits per heavy atom. The predicted octanol–water partition coefficient (Wildman–Crippen LogP) is 6.37. The molecule has 6 aromatic rings. The summed E-state index contributed by atoms with van der Waals surface area (Å²) in [6.45, 7) is 0. The maximum absolute atomic E-state index is 5.21. The number of hydrogen-bond donors (Lipinski definition) is 0. The number of pyridine rings is 1. The van der Waals surface area contributed by atoms with Gasteiger partial charge in [-0.3, -0.25) is 4.40 Å². The van der Waals surface area contributed by atoms with Gasteiger partial charge < -0.3 is 0 Å². The molecule has 1 aliphatic rings. The van der Waals surface area contributed by atoms with Crippen molar-refractivity contribution in [3.63, 3.8) is 0 Å². The Bertz CT molecular complexity index is 1590. The van der Waals surface area contributed by atoms with E-state index in [0.717, 1.165) is 17.6 Å². The molecule has 2 aromatic heterocycles. The van der Waals surface area contributed by atoms with Gasteiger partial charge in [-0.15, -0.1) is 0 Å². The highest BCUT2D eigenvalue weighted by Gasteiger charge is 2.23. The molecule has 0 N–H and O–H groups in total. The van der Waals surface area contributed by atoms with Crippen LogP contribution in [0.25, 0.3) is 49.5 Å². The molecule has 0 radical (unpaired) electrons. The highest BCUT2D eigenvalue weighted by atomic mass is 15.0. The van der Waals surface area contributed by atoms with Gasteiger partial charge in [0.05, 0.1) is 16.6 Å². The molecular weight excluding hydrogens is 340 g/mol. The van der Waals surface area contributed by atoms with Crippen LogP contribution in [0.15, 0.2) is 84.9 Å². The zero-order valence-electron chi connectivity index (χ0n) is 15.2. The molecule has 0 saturated heterocycles. The van der Waals surface area contributed by atoms with Crippen molar-refractivity contribution < 1.29 is 0 Å². The van der Waals surface area contributed by atoms with Crippen LogP contribution in [0, 0.1) is 0 Å². The molecule has 0 bridgehead atoms. The largest absolute Gasteiger partial charge is 0.292 e. The molecule has 0 unspecified atom stereocenters. The lowest BCUT2D eigenvalue weighted by atomic mass is 10.0. The molecule has 0 atom stereocenters. The number of aromatic nitrogens is 2. The van der Waals surface area contributed by atoms with Gasteiger partial charge in [-0.1, -0.05) is 72.8 Å². The number of hydrogen-bond acceptors (Lipinski definition) is 1. The molecule has 1 aliphatic carbocycles. The maximum atomic E-state index is 5.21. The van der Waals surface area contributed by atoms with Gasteiger partial charge in [0.1, 0.15) is 5.65 Å². The number of rotatable bonds is 0. The Labute approximate surface area is 161 Å². The molecule has 0 aliphatic heterocycles. The van der Waals surface area contributed by atoms with E-state index in [2.05, 4.69) is 89.3 Å². The van der Waals surface area contributed by atoms with Crippen molar-refractivity contribution in [2.45, 2.75) is 6.42 Å². The number of benzene rings is 4. The molecule has 0 fully saturated rings. The molecule has 2 heteroatoms. The fourth-order valence-electron chi connectivity index (χ4n) is 4.99. The highest BCUT2D eigenvalue weighted by molar-refractivity contribution is 6.14. The molecule has 0 saturated carbocycles. The van der Waals surface area contributed by atoms with E-state index in [1.165, 1.54) is 49.4 Å². The van der Waals surface area contributed by atoms with E-state index in [9.17, 15) is 0 Å². The summed E-state index contributed by atoms with van der Waals surface area (Å²) in [5.74, 6) is 0. The monoisotopic (exact) mass is 356 g/mol. The zero-order valence-corrected chi connectivity index (χ0v) is 15.2. The first-order valence-electron chi connectivity index (χ1n) is 9.72. The van der Waals surface area contributed by atoms with Crippen LogP contribution in [0.1, 0.15) is 11.1 Å². The Morgan fingerprint density at radius 2 is 1.36 bits per heavy atom. The van der Waals surface area contributed by atoms with E-state index in [-0.39, 0.29) is 0 Å². The molecule has 2 nitrogen and oxygen atoms in total. The van der Waals surface area contributed by atoms with Crippen molar-refractivity contribution in [1.82, 2.24) is 9.38 Å². The number of nitrogens with zero attached hydrogens (tertiary/aromatic N) is 2. The second-order valence-corrected chi connectivity index (χ2v) is 7.63. The van der Waals surface area contributed by atoms with Gasteiger partial charge in [0, 0.05) is 17.2 Å². The van der Waals surface area contributed by atoms with Crippen molar-refractivity contribution in [3.05, 3.63) is 96.1 Å². The van der Waals surface area contributed by atoms with Crippen LogP contribution < -0.4 is 0 Å². The van der Waals surface area contributed by atoms with Gasteiger partial charge >= 0.3 is 0 Å². The van der Waals surface area contributed by atoms with E-state index in [4.69, 9.17) is 4.98 Å². The van der Waals surface area contributed by atoms with Crippen LogP contribution in [0.2, 0.25) is 0 Å². The summed E-state index contributed by atoms with van der Waals surface area (Å²) in [7, 11) is 0. The van der Waals surface area contributed by atoms with Crippen molar-refractivity contribution >= 4 is 38.4 Å². The minimum atomic E-state index is 0.961. The number of imidazole rings is 1. The van der Waals surface area contributed by atoms with Crippen molar-refractivity contribution in [2.24, 2.45) is 0 Å². The molecule has 7 rings (SSSR count). The van der Waals surface area contributed by atoms with Gasteiger partial charge in [0.25, 0.3) is 0 Å². The lowest BCUT2D eigenvalue weighted by Gasteiger charge is -2.08. The first kappa shape index (κ1) is 14.4. The molecular formula is C26H16N2. The summed E-state index contributed by atoms with van der Waals surface area (Å²) >= 11 is 0. The van der Waals surface area contributed by atoms with E-state index in [1.54, 1.807) is 0 Å². The Balaban J connectivity index is 1.72. The fraction of sp³-hybridized carbons (Fsp3) is 0.0385. The normalized spacial score (nSPS) is 12.9. The van der Waals surface area contributed by atoms with Gasteiger partial charge in [0.2, 0.25) is 0 Å². The Morgan fingerprint density at radius 3 is 2.29 bits per heavy atom.